The van der Waals surface area contributed by atoms with Crippen molar-refractivity contribution in [1.29, 1.82) is 0 Å². The summed E-state index contributed by atoms with van der Waals surface area (Å²) in [7, 11) is 0. The number of thioether (sulfide) groups is 1. The van der Waals surface area contributed by atoms with E-state index in [1.54, 1.807) is 0 Å². The van der Waals surface area contributed by atoms with Gasteiger partial charge in [0.1, 0.15) is 18.1 Å². The zero-order valence-corrected chi connectivity index (χ0v) is 19.2. The molecule has 0 aliphatic heterocycles. The first-order valence-corrected chi connectivity index (χ1v) is 11.3. The highest BCUT2D eigenvalue weighted by atomic mass is 32.2. The minimum absolute atomic E-state index is 0.129. The van der Waals surface area contributed by atoms with E-state index in [1.165, 1.54) is 22.9 Å². The van der Waals surface area contributed by atoms with E-state index in [0.29, 0.717) is 36.4 Å². The number of amides is 1. The lowest BCUT2D eigenvalue weighted by Crippen LogP contribution is -2.15. The first-order chi connectivity index (χ1) is 15.0. The minimum Gasteiger partial charge on any atom is -0.492 e. The first-order valence-electron chi connectivity index (χ1n) is 10.3. The molecule has 3 rings (SSSR count). The summed E-state index contributed by atoms with van der Waals surface area (Å²) >= 11 is 1.35. The lowest BCUT2D eigenvalue weighted by atomic mass is 10.1. The standard InChI is InChI=1S/C23H28N4O3S/c1-5-27-21(14-30-18-12-11-16(3)17(4)13-18)25-26-23(27)31-15-22(28)24-19-9-7-8-10-20(19)29-6-2/h7-13H,5-6,14-15H2,1-4H3,(H,24,28). The van der Waals surface area contributed by atoms with Gasteiger partial charge < -0.3 is 19.4 Å². The van der Waals surface area contributed by atoms with Gasteiger partial charge in [0.05, 0.1) is 18.0 Å². The van der Waals surface area contributed by atoms with Crippen molar-refractivity contribution in [3.05, 3.63) is 59.4 Å². The highest BCUT2D eigenvalue weighted by Crippen LogP contribution is 2.25. The van der Waals surface area contributed by atoms with E-state index in [4.69, 9.17) is 9.47 Å². The molecule has 1 amide bonds. The molecule has 0 spiro atoms. The zero-order valence-electron chi connectivity index (χ0n) is 18.3. The van der Waals surface area contributed by atoms with Crippen LogP contribution >= 0.6 is 11.8 Å². The average Bonchev–Trinajstić information content (AvgIpc) is 3.16. The fourth-order valence-electron chi connectivity index (χ4n) is 2.97. The van der Waals surface area contributed by atoms with Crippen LogP contribution in [-0.4, -0.2) is 33.0 Å². The van der Waals surface area contributed by atoms with E-state index in [2.05, 4.69) is 29.4 Å². The maximum absolute atomic E-state index is 12.4. The van der Waals surface area contributed by atoms with Crippen LogP contribution in [0, 0.1) is 13.8 Å². The summed E-state index contributed by atoms with van der Waals surface area (Å²) in [6.07, 6.45) is 0. The number of rotatable bonds is 10. The smallest absolute Gasteiger partial charge is 0.234 e. The van der Waals surface area contributed by atoms with Gasteiger partial charge in [0.2, 0.25) is 5.91 Å². The molecule has 164 valence electrons. The molecule has 1 N–H and O–H groups in total. The number of carbonyl (C=O) groups excluding carboxylic acids is 1. The Morgan fingerprint density at radius 2 is 1.87 bits per heavy atom. The van der Waals surface area contributed by atoms with Gasteiger partial charge in [-0.3, -0.25) is 4.79 Å². The van der Waals surface area contributed by atoms with Crippen molar-refractivity contribution >= 4 is 23.4 Å². The number of para-hydroxylation sites is 2. The van der Waals surface area contributed by atoms with E-state index in [1.807, 2.05) is 60.9 Å². The highest BCUT2D eigenvalue weighted by molar-refractivity contribution is 7.99. The first kappa shape index (κ1) is 22.7. The number of nitrogens with zero attached hydrogens (tertiary/aromatic N) is 3. The second-order valence-electron chi connectivity index (χ2n) is 6.94. The summed E-state index contributed by atoms with van der Waals surface area (Å²) in [5, 5.41) is 12.1. The van der Waals surface area contributed by atoms with Crippen molar-refractivity contribution < 1.29 is 14.3 Å². The van der Waals surface area contributed by atoms with Gasteiger partial charge in [-0.1, -0.05) is 30.0 Å². The Morgan fingerprint density at radius 3 is 2.61 bits per heavy atom. The van der Waals surface area contributed by atoms with Gasteiger partial charge in [-0.15, -0.1) is 10.2 Å². The molecule has 2 aromatic carbocycles. The molecule has 8 heteroatoms. The van der Waals surface area contributed by atoms with E-state index in [9.17, 15) is 4.79 Å². The van der Waals surface area contributed by atoms with Gasteiger partial charge in [-0.2, -0.15) is 0 Å². The molecule has 0 aliphatic carbocycles. The molecule has 0 aliphatic rings. The number of aromatic nitrogens is 3. The Morgan fingerprint density at radius 1 is 1.06 bits per heavy atom. The number of aryl methyl sites for hydroxylation is 2. The molecule has 0 atom stereocenters. The summed E-state index contributed by atoms with van der Waals surface area (Å²) in [5.74, 6) is 2.28. The Bertz CT molecular complexity index is 1040. The second-order valence-corrected chi connectivity index (χ2v) is 7.89. The van der Waals surface area contributed by atoms with E-state index in [0.717, 1.165) is 11.6 Å². The topological polar surface area (TPSA) is 78.3 Å². The lowest BCUT2D eigenvalue weighted by Gasteiger charge is -2.11. The molecule has 0 radical (unpaired) electrons. The summed E-state index contributed by atoms with van der Waals surface area (Å²) < 4.78 is 13.4. The predicted octanol–water partition coefficient (Wildman–Crippen LogP) is 4.62. The number of benzene rings is 2. The quantitative estimate of drug-likeness (QED) is 0.464. The number of anilines is 1. The van der Waals surface area contributed by atoms with Gasteiger partial charge >= 0.3 is 0 Å². The van der Waals surface area contributed by atoms with E-state index in [-0.39, 0.29) is 11.7 Å². The minimum atomic E-state index is -0.129. The molecule has 0 fully saturated rings. The number of ether oxygens (including phenoxy) is 2. The normalized spacial score (nSPS) is 10.7. The SMILES string of the molecule is CCOc1ccccc1NC(=O)CSc1nnc(COc2ccc(C)c(C)c2)n1CC. The number of hydrogen-bond donors (Lipinski definition) is 1. The molecular formula is C23H28N4O3S. The highest BCUT2D eigenvalue weighted by Gasteiger charge is 2.15. The number of hydrogen-bond acceptors (Lipinski definition) is 6. The Kier molecular flexibility index (Phi) is 7.94. The van der Waals surface area contributed by atoms with Gasteiger partial charge in [0.25, 0.3) is 0 Å². The van der Waals surface area contributed by atoms with Crippen LogP contribution in [0.4, 0.5) is 5.69 Å². The van der Waals surface area contributed by atoms with E-state index >= 15 is 0 Å². The monoisotopic (exact) mass is 440 g/mol. The van der Waals surface area contributed by atoms with Gasteiger partial charge in [0.15, 0.2) is 11.0 Å². The van der Waals surface area contributed by atoms with Crippen LogP contribution in [0.1, 0.15) is 30.8 Å². The molecule has 31 heavy (non-hydrogen) atoms. The predicted molar refractivity (Wildman–Crippen MR) is 123 cm³/mol. The van der Waals surface area contributed by atoms with Crippen molar-refractivity contribution in [2.45, 2.75) is 46.0 Å². The Labute approximate surface area is 187 Å². The van der Waals surface area contributed by atoms with Crippen molar-refractivity contribution in [3.63, 3.8) is 0 Å². The third-order valence-corrected chi connectivity index (χ3v) is 5.72. The van der Waals surface area contributed by atoms with Crippen molar-refractivity contribution in [2.75, 3.05) is 17.7 Å². The maximum atomic E-state index is 12.4. The molecule has 0 saturated heterocycles. The molecule has 1 aromatic heterocycles. The molecule has 1 heterocycles. The number of carbonyl (C=O) groups is 1. The van der Waals surface area contributed by atoms with Crippen LogP contribution in [-0.2, 0) is 17.9 Å². The van der Waals surface area contributed by atoms with Crippen molar-refractivity contribution in [1.82, 2.24) is 14.8 Å². The van der Waals surface area contributed by atoms with Crippen LogP contribution in [0.3, 0.4) is 0 Å². The fraction of sp³-hybridized carbons (Fsp3) is 0.348. The Balaban J connectivity index is 1.59. The average molecular weight is 441 g/mol. The van der Waals surface area contributed by atoms with Gasteiger partial charge in [0, 0.05) is 6.54 Å². The molecule has 7 nitrogen and oxygen atoms in total. The maximum Gasteiger partial charge on any atom is 0.234 e. The third-order valence-electron chi connectivity index (χ3n) is 4.75. The molecule has 0 saturated carbocycles. The van der Waals surface area contributed by atoms with Crippen molar-refractivity contribution in [3.8, 4) is 11.5 Å². The zero-order chi connectivity index (χ0) is 22.2. The van der Waals surface area contributed by atoms with Crippen LogP contribution in [0.15, 0.2) is 47.6 Å². The second kappa shape index (κ2) is 10.9. The molecular weight excluding hydrogens is 412 g/mol. The lowest BCUT2D eigenvalue weighted by molar-refractivity contribution is -0.113. The molecule has 0 bridgehead atoms. The Hall–Kier alpha value is -3.00. The van der Waals surface area contributed by atoms with Crippen LogP contribution in [0.5, 0.6) is 11.5 Å². The van der Waals surface area contributed by atoms with Crippen LogP contribution in [0.25, 0.3) is 0 Å². The van der Waals surface area contributed by atoms with Gasteiger partial charge in [-0.05, 0) is 63.1 Å². The summed E-state index contributed by atoms with van der Waals surface area (Å²) in [6, 6.07) is 13.4. The van der Waals surface area contributed by atoms with Crippen molar-refractivity contribution in [2.24, 2.45) is 0 Å². The third kappa shape index (κ3) is 6.01. The van der Waals surface area contributed by atoms with E-state index < -0.39 is 0 Å². The number of nitrogens with one attached hydrogen (secondary N) is 1. The molecule has 0 unspecified atom stereocenters. The van der Waals surface area contributed by atoms with Crippen LogP contribution in [0.2, 0.25) is 0 Å². The fourth-order valence-corrected chi connectivity index (χ4v) is 3.79. The van der Waals surface area contributed by atoms with Gasteiger partial charge in [-0.25, -0.2) is 0 Å². The largest absolute Gasteiger partial charge is 0.492 e. The summed E-state index contributed by atoms with van der Waals surface area (Å²) in [5.41, 5.74) is 3.07. The molecule has 3 aromatic rings. The van der Waals surface area contributed by atoms with Crippen LogP contribution < -0.4 is 14.8 Å². The summed E-state index contributed by atoms with van der Waals surface area (Å²) in [6.45, 7) is 9.60. The summed E-state index contributed by atoms with van der Waals surface area (Å²) in [4.78, 5) is 12.4.